The van der Waals surface area contributed by atoms with Crippen molar-refractivity contribution in [3.8, 4) is 11.5 Å². The van der Waals surface area contributed by atoms with Gasteiger partial charge in [0, 0.05) is 10.5 Å². The molecule has 0 amide bonds. The lowest BCUT2D eigenvalue weighted by molar-refractivity contribution is 0.171. The molecular formula is C16H15BrFNO2. The van der Waals surface area contributed by atoms with Crippen LogP contribution in [0.1, 0.15) is 17.2 Å². The van der Waals surface area contributed by atoms with E-state index in [0.717, 1.165) is 21.3 Å². The van der Waals surface area contributed by atoms with Crippen molar-refractivity contribution in [2.24, 2.45) is 5.73 Å². The van der Waals surface area contributed by atoms with Gasteiger partial charge in [-0.3, -0.25) is 0 Å². The number of hydrogen-bond donors (Lipinski definition) is 1. The SMILES string of the molecule is NC(Cc1cccc(F)c1)c1cc2c(cc1Br)OCCO2. The van der Waals surface area contributed by atoms with Gasteiger partial charge in [0.1, 0.15) is 19.0 Å². The second kappa shape index (κ2) is 6.03. The largest absolute Gasteiger partial charge is 0.486 e. The molecule has 1 unspecified atom stereocenters. The van der Waals surface area contributed by atoms with Crippen LogP contribution in [0, 0.1) is 5.82 Å². The van der Waals surface area contributed by atoms with E-state index in [9.17, 15) is 4.39 Å². The minimum absolute atomic E-state index is 0.249. The first-order chi connectivity index (χ1) is 10.1. The van der Waals surface area contributed by atoms with Crippen molar-refractivity contribution in [1.82, 2.24) is 0 Å². The van der Waals surface area contributed by atoms with Crippen LogP contribution in [0.15, 0.2) is 40.9 Å². The van der Waals surface area contributed by atoms with Crippen LogP contribution in [0.2, 0.25) is 0 Å². The highest BCUT2D eigenvalue weighted by Crippen LogP contribution is 2.38. The zero-order valence-corrected chi connectivity index (χ0v) is 12.9. The molecule has 1 atom stereocenters. The molecule has 1 aliphatic heterocycles. The Balaban J connectivity index is 1.85. The Morgan fingerprint density at radius 1 is 1.14 bits per heavy atom. The van der Waals surface area contributed by atoms with Gasteiger partial charge in [-0.05, 0) is 41.8 Å². The third-order valence-corrected chi connectivity index (χ3v) is 4.09. The van der Waals surface area contributed by atoms with Crippen molar-refractivity contribution in [3.05, 3.63) is 57.8 Å². The van der Waals surface area contributed by atoms with Gasteiger partial charge >= 0.3 is 0 Å². The lowest BCUT2D eigenvalue weighted by atomic mass is 9.99. The van der Waals surface area contributed by atoms with E-state index in [4.69, 9.17) is 15.2 Å². The Morgan fingerprint density at radius 2 is 1.86 bits per heavy atom. The molecule has 0 saturated carbocycles. The molecule has 21 heavy (non-hydrogen) atoms. The van der Waals surface area contributed by atoms with Crippen molar-refractivity contribution in [3.63, 3.8) is 0 Å². The number of hydrogen-bond acceptors (Lipinski definition) is 3. The molecule has 3 rings (SSSR count). The Kier molecular flexibility index (Phi) is 4.12. The predicted octanol–water partition coefficient (Wildman–Crippen LogP) is 3.60. The third-order valence-electron chi connectivity index (χ3n) is 3.41. The first kappa shape index (κ1) is 14.4. The highest BCUT2D eigenvalue weighted by molar-refractivity contribution is 9.10. The number of ether oxygens (including phenoxy) is 2. The van der Waals surface area contributed by atoms with Crippen LogP contribution in [-0.4, -0.2) is 13.2 Å². The summed E-state index contributed by atoms with van der Waals surface area (Å²) < 4.78 is 25.2. The van der Waals surface area contributed by atoms with Gasteiger partial charge in [0.05, 0.1) is 0 Å². The number of benzene rings is 2. The van der Waals surface area contributed by atoms with E-state index in [1.165, 1.54) is 12.1 Å². The van der Waals surface area contributed by atoms with Gasteiger partial charge in [0.15, 0.2) is 11.5 Å². The molecule has 2 aromatic rings. The summed E-state index contributed by atoms with van der Waals surface area (Å²) in [5.74, 6) is 1.17. The fourth-order valence-electron chi connectivity index (χ4n) is 2.39. The molecule has 110 valence electrons. The van der Waals surface area contributed by atoms with Crippen molar-refractivity contribution in [2.75, 3.05) is 13.2 Å². The van der Waals surface area contributed by atoms with E-state index >= 15 is 0 Å². The fraction of sp³-hybridized carbons (Fsp3) is 0.250. The summed E-state index contributed by atoms with van der Waals surface area (Å²) in [6.45, 7) is 1.08. The Bertz CT molecular complexity index is 663. The van der Waals surface area contributed by atoms with Crippen LogP contribution in [0.25, 0.3) is 0 Å². The molecule has 0 radical (unpaired) electrons. The maximum absolute atomic E-state index is 13.2. The molecule has 1 heterocycles. The lowest BCUT2D eigenvalue weighted by Crippen LogP contribution is -2.18. The second-order valence-corrected chi connectivity index (χ2v) is 5.81. The summed E-state index contributed by atoms with van der Waals surface area (Å²) in [6, 6.07) is 10.0. The Labute approximate surface area is 131 Å². The quantitative estimate of drug-likeness (QED) is 0.918. The Morgan fingerprint density at radius 3 is 2.57 bits per heavy atom. The minimum atomic E-state index is -0.253. The molecule has 5 heteroatoms. The summed E-state index contributed by atoms with van der Waals surface area (Å²) >= 11 is 3.51. The monoisotopic (exact) mass is 351 g/mol. The van der Waals surface area contributed by atoms with Gasteiger partial charge in [-0.25, -0.2) is 4.39 Å². The molecule has 0 aliphatic carbocycles. The second-order valence-electron chi connectivity index (χ2n) is 4.96. The molecule has 1 aliphatic rings. The van der Waals surface area contributed by atoms with E-state index in [2.05, 4.69) is 15.9 Å². The first-order valence-corrected chi connectivity index (χ1v) is 7.52. The standard InChI is InChI=1S/C16H15BrFNO2/c17-13-9-16-15(20-4-5-21-16)8-12(13)14(19)7-10-2-1-3-11(18)6-10/h1-3,6,8-9,14H,4-5,7,19H2. The van der Waals surface area contributed by atoms with E-state index < -0.39 is 0 Å². The van der Waals surface area contributed by atoms with Crippen LogP contribution in [0.3, 0.4) is 0 Å². The normalized spacial score (nSPS) is 14.8. The van der Waals surface area contributed by atoms with E-state index in [0.29, 0.717) is 25.4 Å². The predicted molar refractivity (Wildman–Crippen MR) is 82.2 cm³/mol. The third kappa shape index (κ3) is 3.19. The molecule has 0 spiro atoms. The maximum Gasteiger partial charge on any atom is 0.162 e. The highest BCUT2D eigenvalue weighted by Gasteiger charge is 2.18. The summed E-state index contributed by atoms with van der Waals surface area (Å²) in [5, 5.41) is 0. The zero-order valence-electron chi connectivity index (χ0n) is 11.3. The van der Waals surface area contributed by atoms with Gasteiger partial charge < -0.3 is 15.2 Å². The molecule has 0 saturated heterocycles. The number of rotatable bonds is 3. The molecular weight excluding hydrogens is 337 g/mol. The van der Waals surface area contributed by atoms with Crippen molar-refractivity contribution >= 4 is 15.9 Å². The van der Waals surface area contributed by atoms with Crippen molar-refractivity contribution < 1.29 is 13.9 Å². The molecule has 0 aromatic heterocycles. The fourth-order valence-corrected chi connectivity index (χ4v) is 3.01. The van der Waals surface area contributed by atoms with Crippen LogP contribution in [0.5, 0.6) is 11.5 Å². The number of fused-ring (bicyclic) bond motifs is 1. The van der Waals surface area contributed by atoms with Crippen LogP contribution in [-0.2, 0) is 6.42 Å². The molecule has 3 nitrogen and oxygen atoms in total. The molecule has 2 aromatic carbocycles. The van der Waals surface area contributed by atoms with Crippen molar-refractivity contribution in [1.29, 1.82) is 0 Å². The summed E-state index contributed by atoms with van der Waals surface area (Å²) in [5.41, 5.74) is 8.05. The first-order valence-electron chi connectivity index (χ1n) is 6.72. The topological polar surface area (TPSA) is 44.5 Å². The molecule has 0 fully saturated rings. The molecule has 2 N–H and O–H groups in total. The van der Waals surface area contributed by atoms with Crippen LogP contribution >= 0.6 is 15.9 Å². The zero-order chi connectivity index (χ0) is 14.8. The summed E-state index contributed by atoms with van der Waals surface area (Å²) in [7, 11) is 0. The minimum Gasteiger partial charge on any atom is -0.486 e. The smallest absolute Gasteiger partial charge is 0.162 e. The lowest BCUT2D eigenvalue weighted by Gasteiger charge is -2.22. The van der Waals surface area contributed by atoms with Crippen LogP contribution < -0.4 is 15.2 Å². The van der Waals surface area contributed by atoms with Gasteiger partial charge in [0.2, 0.25) is 0 Å². The van der Waals surface area contributed by atoms with Gasteiger partial charge in [-0.15, -0.1) is 0 Å². The number of halogens is 2. The van der Waals surface area contributed by atoms with Crippen LogP contribution in [0.4, 0.5) is 4.39 Å². The summed E-state index contributed by atoms with van der Waals surface area (Å²) in [6.07, 6.45) is 0.552. The van der Waals surface area contributed by atoms with Gasteiger partial charge in [-0.2, -0.15) is 0 Å². The van der Waals surface area contributed by atoms with E-state index in [-0.39, 0.29) is 11.9 Å². The van der Waals surface area contributed by atoms with Gasteiger partial charge in [-0.1, -0.05) is 28.1 Å². The Hall–Kier alpha value is -1.59. The van der Waals surface area contributed by atoms with E-state index in [1.54, 1.807) is 6.07 Å². The van der Waals surface area contributed by atoms with E-state index in [1.807, 2.05) is 18.2 Å². The summed E-state index contributed by atoms with van der Waals surface area (Å²) in [4.78, 5) is 0. The van der Waals surface area contributed by atoms with Crippen molar-refractivity contribution in [2.45, 2.75) is 12.5 Å². The average molecular weight is 352 g/mol. The average Bonchev–Trinajstić information content (AvgIpc) is 2.46. The maximum atomic E-state index is 13.2. The van der Waals surface area contributed by atoms with Gasteiger partial charge in [0.25, 0.3) is 0 Å². The number of nitrogens with two attached hydrogens (primary N) is 1. The highest BCUT2D eigenvalue weighted by atomic mass is 79.9. The molecule has 0 bridgehead atoms.